The minimum atomic E-state index is -4.67. The Labute approximate surface area is 130 Å². The van der Waals surface area contributed by atoms with Gasteiger partial charge in [-0.3, -0.25) is 9.11 Å². The number of benzene rings is 1. The number of sulfonamides is 1. The summed E-state index contributed by atoms with van der Waals surface area (Å²) < 4.78 is 55.6. The van der Waals surface area contributed by atoms with Gasteiger partial charge < -0.3 is 11.1 Å². The van der Waals surface area contributed by atoms with Gasteiger partial charge in [-0.05, 0) is 37.1 Å². The molecule has 9 nitrogen and oxygen atoms in total. The van der Waals surface area contributed by atoms with E-state index in [0.717, 1.165) is 30.8 Å². The minimum Gasteiger partial charge on any atom is -0.399 e. The van der Waals surface area contributed by atoms with Gasteiger partial charge in [-0.15, -0.1) is 0 Å². The smallest absolute Gasteiger partial charge is 0.394 e. The first-order valence-electron chi connectivity index (χ1n) is 6.21. The second-order valence-electron chi connectivity index (χ2n) is 4.37. The lowest BCUT2D eigenvalue weighted by atomic mass is 10.2. The molecule has 0 bridgehead atoms. The lowest BCUT2D eigenvalue weighted by molar-refractivity contribution is 0.381. The zero-order chi connectivity index (χ0) is 17.2. The van der Waals surface area contributed by atoms with E-state index in [1.807, 2.05) is 24.3 Å². The van der Waals surface area contributed by atoms with Gasteiger partial charge in [0.25, 0.3) is 0 Å². The van der Waals surface area contributed by atoms with Crippen molar-refractivity contribution in [3.05, 3.63) is 24.3 Å². The van der Waals surface area contributed by atoms with E-state index in [9.17, 15) is 8.42 Å². The van der Waals surface area contributed by atoms with Crippen molar-refractivity contribution in [3.8, 4) is 0 Å². The van der Waals surface area contributed by atoms with Crippen LogP contribution in [-0.4, -0.2) is 45.3 Å². The van der Waals surface area contributed by atoms with Crippen LogP contribution in [0.15, 0.2) is 24.3 Å². The van der Waals surface area contributed by atoms with E-state index in [4.69, 9.17) is 23.3 Å². The van der Waals surface area contributed by atoms with Crippen molar-refractivity contribution < 1.29 is 25.9 Å². The Hall–Kier alpha value is -1.40. The highest BCUT2D eigenvalue weighted by molar-refractivity contribution is 7.88. The molecule has 0 aliphatic rings. The Kier molecular flexibility index (Phi) is 8.97. The Balaban J connectivity index is 0.000000763. The molecule has 0 radical (unpaired) electrons. The van der Waals surface area contributed by atoms with E-state index in [2.05, 4.69) is 10.0 Å². The second kappa shape index (κ2) is 9.58. The largest absolute Gasteiger partial charge is 0.399 e. The zero-order valence-corrected chi connectivity index (χ0v) is 13.7. The quantitative estimate of drug-likeness (QED) is 0.266. The number of nitrogens with one attached hydrogen (secondary N) is 2. The zero-order valence-electron chi connectivity index (χ0n) is 12.1. The molecule has 128 valence electrons. The minimum absolute atomic E-state index is 0.488. The summed E-state index contributed by atoms with van der Waals surface area (Å²) in [5.41, 5.74) is 7.34. The molecule has 0 spiro atoms. The first-order valence-corrected chi connectivity index (χ1v) is 9.50. The highest BCUT2D eigenvalue weighted by Gasteiger charge is 1.98. The summed E-state index contributed by atoms with van der Waals surface area (Å²) in [6.45, 7) is 1.30. The van der Waals surface area contributed by atoms with E-state index < -0.39 is 20.4 Å². The third-order valence-corrected chi connectivity index (χ3v) is 2.94. The van der Waals surface area contributed by atoms with Crippen LogP contribution in [0.4, 0.5) is 11.4 Å². The molecule has 11 heteroatoms. The van der Waals surface area contributed by atoms with Gasteiger partial charge >= 0.3 is 10.4 Å². The van der Waals surface area contributed by atoms with Crippen molar-refractivity contribution in [3.63, 3.8) is 0 Å². The predicted octanol–water partition coefficient (Wildman–Crippen LogP) is 0.357. The van der Waals surface area contributed by atoms with Gasteiger partial charge in [0.2, 0.25) is 10.0 Å². The lowest BCUT2D eigenvalue weighted by Gasteiger charge is -2.06. The molecule has 0 heterocycles. The van der Waals surface area contributed by atoms with Crippen molar-refractivity contribution in [1.29, 1.82) is 0 Å². The Morgan fingerprint density at radius 1 is 1.00 bits per heavy atom. The molecule has 22 heavy (non-hydrogen) atoms. The maximum Gasteiger partial charge on any atom is 0.394 e. The maximum atomic E-state index is 10.8. The molecule has 0 saturated heterocycles. The van der Waals surface area contributed by atoms with Crippen LogP contribution < -0.4 is 15.8 Å². The first kappa shape index (κ1) is 20.6. The van der Waals surface area contributed by atoms with E-state index in [1.54, 1.807) is 0 Å². The Morgan fingerprint density at radius 2 is 1.45 bits per heavy atom. The summed E-state index contributed by atoms with van der Waals surface area (Å²) in [6.07, 6.45) is 2.89. The van der Waals surface area contributed by atoms with Crippen LogP contribution in [0.1, 0.15) is 12.8 Å². The monoisotopic (exact) mass is 355 g/mol. The number of nitrogens with two attached hydrogens (primary N) is 1. The normalized spacial score (nSPS) is 11.4. The highest BCUT2D eigenvalue weighted by Crippen LogP contribution is 2.10. The van der Waals surface area contributed by atoms with E-state index in [1.165, 1.54) is 6.26 Å². The molecule has 0 amide bonds. The van der Waals surface area contributed by atoms with Gasteiger partial charge in [-0.2, -0.15) is 8.42 Å². The predicted molar refractivity (Wildman–Crippen MR) is 85.6 cm³/mol. The number of anilines is 2. The molecule has 0 aliphatic heterocycles. The molecule has 6 N–H and O–H groups in total. The third-order valence-electron chi connectivity index (χ3n) is 2.21. The summed E-state index contributed by atoms with van der Waals surface area (Å²) >= 11 is 0. The topological polar surface area (TPSA) is 159 Å². The number of unbranched alkanes of at least 4 members (excludes halogenated alkanes) is 1. The molecule has 0 aromatic heterocycles. The fraction of sp³-hybridized carbons (Fsp3) is 0.455. The molecule has 0 aliphatic carbocycles. The number of hydrogen-bond donors (Lipinski definition) is 5. The van der Waals surface area contributed by atoms with E-state index in [-0.39, 0.29) is 0 Å². The van der Waals surface area contributed by atoms with Gasteiger partial charge in [-0.1, -0.05) is 0 Å². The van der Waals surface area contributed by atoms with Crippen molar-refractivity contribution in [2.24, 2.45) is 0 Å². The summed E-state index contributed by atoms with van der Waals surface area (Å²) in [4.78, 5) is 0. The summed E-state index contributed by atoms with van der Waals surface area (Å²) in [7, 11) is -7.72. The van der Waals surface area contributed by atoms with E-state index in [0.29, 0.717) is 6.54 Å². The van der Waals surface area contributed by atoms with Crippen LogP contribution in [0.3, 0.4) is 0 Å². The maximum absolute atomic E-state index is 10.8. The van der Waals surface area contributed by atoms with Gasteiger partial charge in [0, 0.05) is 24.5 Å². The molecule has 0 atom stereocenters. The second-order valence-corrected chi connectivity index (χ2v) is 7.10. The first-order chi connectivity index (χ1) is 9.97. The summed E-state index contributed by atoms with van der Waals surface area (Å²) in [6, 6.07) is 7.52. The fourth-order valence-electron chi connectivity index (χ4n) is 1.34. The molecule has 1 rings (SSSR count). The number of rotatable bonds is 7. The van der Waals surface area contributed by atoms with Crippen LogP contribution in [0.25, 0.3) is 0 Å². The van der Waals surface area contributed by atoms with Crippen LogP contribution >= 0.6 is 0 Å². The third kappa shape index (κ3) is 16.7. The molecule has 0 unspecified atom stereocenters. The van der Waals surface area contributed by atoms with Gasteiger partial charge in [0.1, 0.15) is 0 Å². The van der Waals surface area contributed by atoms with Gasteiger partial charge in [0.05, 0.1) is 6.26 Å². The van der Waals surface area contributed by atoms with Crippen molar-refractivity contribution >= 4 is 31.8 Å². The molecular weight excluding hydrogens is 334 g/mol. The van der Waals surface area contributed by atoms with Crippen LogP contribution in [-0.2, 0) is 20.4 Å². The van der Waals surface area contributed by atoms with Crippen LogP contribution in [0, 0.1) is 0 Å². The number of nitrogen functional groups attached to an aromatic ring is 1. The van der Waals surface area contributed by atoms with Gasteiger partial charge in [-0.25, -0.2) is 13.1 Å². The van der Waals surface area contributed by atoms with Crippen molar-refractivity contribution in [1.82, 2.24) is 4.72 Å². The van der Waals surface area contributed by atoms with Crippen molar-refractivity contribution in [2.45, 2.75) is 12.8 Å². The lowest BCUT2D eigenvalue weighted by Crippen LogP contribution is -2.23. The molecule has 0 fully saturated rings. The fourth-order valence-corrected chi connectivity index (χ4v) is 1.86. The van der Waals surface area contributed by atoms with E-state index >= 15 is 0 Å². The highest BCUT2D eigenvalue weighted by atomic mass is 32.3. The number of hydrogen-bond acceptors (Lipinski definition) is 6. The summed E-state index contributed by atoms with van der Waals surface area (Å²) in [5, 5.41) is 3.24. The van der Waals surface area contributed by atoms with Crippen LogP contribution in [0.2, 0.25) is 0 Å². The average molecular weight is 355 g/mol. The molecular formula is C11H21N3O6S2. The molecule has 1 aromatic rings. The summed E-state index contributed by atoms with van der Waals surface area (Å²) in [5.74, 6) is 0. The molecule has 0 saturated carbocycles. The van der Waals surface area contributed by atoms with Crippen molar-refractivity contribution in [2.75, 3.05) is 30.4 Å². The standard InChI is InChI=1S/C11H19N3O2S.H2O4S/c1-17(15,16)14-9-3-2-8-13-11-6-4-10(12)5-7-11;1-5(2,3)4/h4-7,13-14H,2-3,8-9,12H2,1H3;(H2,1,2,3,4). The van der Waals surface area contributed by atoms with Crippen LogP contribution in [0.5, 0.6) is 0 Å². The average Bonchev–Trinajstić information content (AvgIpc) is 2.32. The van der Waals surface area contributed by atoms with Gasteiger partial charge in [0.15, 0.2) is 0 Å². The molecule has 1 aromatic carbocycles. The SMILES string of the molecule is CS(=O)(=O)NCCCCNc1ccc(N)cc1.O=S(=O)(O)O. The Bertz CT molecular complexity index is 620. The Morgan fingerprint density at radius 3 is 1.91 bits per heavy atom.